The van der Waals surface area contributed by atoms with Gasteiger partial charge in [-0.25, -0.2) is 0 Å². The SMILES string of the molecule is CC(C)OCc1cccc(NC(=O)CC(C)C2CCCNC2)c1. The fourth-order valence-electron chi connectivity index (χ4n) is 3.04. The van der Waals surface area contributed by atoms with Crippen LogP contribution in [0.2, 0.25) is 0 Å². The Hall–Kier alpha value is -1.39. The van der Waals surface area contributed by atoms with Crippen LogP contribution in [-0.4, -0.2) is 25.1 Å². The number of piperidine rings is 1. The lowest BCUT2D eigenvalue weighted by Crippen LogP contribution is -2.34. The predicted molar refractivity (Wildman–Crippen MR) is 94.4 cm³/mol. The summed E-state index contributed by atoms with van der Waals surface area (Å²) in [6.07, 6.45) is 3.23. The Morgan fingerprint density at radius 1 is 1.39 bits per heavy atom. The van der Waals surface area contributed by atoms with Crippen LogP contribution in [-0.2, 0) is 16.1 Å². The third kappa shape index (κ3) is 6.32. The summed E-state index contributed by atoms with van der Waals surface area (Å²) in [4.78, 5) is 12.3. The van der Waals surface area contributed by atoms with Crippen molar-refractivity contribution in [1.82, 2.24) is 5.32 Å². The van der Waals surface area contributed by atoms with Gasteiger partial charge in [-0.2, -0.15) is 0 Å². The molecule has 0 aromatic heterocycles. The molecule has 0 saturated carbocycles. The molecule has 2 atom stereocenters. The number of hydrogen-bond donors (Lipinski definition) is 2. The van der Waals surface area contributed by atoms with Gasteiger partial charge in [0.1, 0.15) is 0 Å². The fourth-order valence-corrected chi connectivity index (χ4v) is 3.04. The monoisotopic (exact) mass is 318 g/mol. The van der Waals surface area contributed by atoms with E-state index in [1.165, 1.54) is 12.8 Å². The van der Waals surface area contributed by atoms with Gasteiger partial charge in [0.05, 0.1) is 12.7 Å². The number of carbonyl (C=O) groups is 1. The third-order valence-corrected chi connectivity index (χ3v) is 4.44. The number of anilines is 1. The normalized spacial score (nSPS) is 19.6. The van der Waals surface area contributed by atoms with Gasteiger partial charge in [0.2, 0.25) is 5.91 Å². The molecule has 1 amide bonds. The first kappa shape index (κ1) is 18.0. The molecule has 1 aromatic carbocycles. The molecule has 0 spiro atoms. The van der Waals surface area contributed by atoms with Crippen LogP contribution in [0.15, 0.2) is 24.3 Å². The molecule has 4 heteroatoms. The number of hydrogen-bond acceptors (Lipinski definition) is 3. The van der Waals surface area contributed by atoms with E-state index in [0.29, 0.717) is 24.9 Å². The van der Waals surface area contributed by atoms with Crippen LogP contribution in [0.1, 0.15) is 45.6 Å². The molecular formula is C19H30N2O2. The average Bonchev–Trinajstić information content (AvgIpc) is 2.54. The van der Waals surface area contributed by atoms with Crippen LogP contribution in [0.5, 0.6) is 0 Å². The molecule has 2 unspecified atom stereocenters. The van der Waals surface area contributed by atoms with Crippen molar-refractivity contribution in [2.75, 3.05) is 18.4 Å². The Balaban J connectivity index is 1.83. The molecule has 0 aliphatic carbocycles. The van der Waals surface area contributed by atoms with Crippen LogP contribution in [0.25, 0.3) is 0 Å². The number of benzene rings is 1. The molecule has 0 radical (unpaired) electrons. The maximum absolute atomic E-state index is 12.3. The zero-order valence-corrected chi connectivity index (χ0v) is 14.6. The summed E-state index contributed by atoms with van der Waals surface area (Å²) in [6, 6.07) is 7.91. The Labute approximate surface area is 140 Å². The lowest BCUT2D eigenvalue weighted by Gasteiger charge is -2.28. The Morgan fingerprint density at radius 3 is 2.91 bits per heavy atom. The predicted octanol–water partition coefficient (Wildman–Crippen LogP) is 3.58. The second-order valence-electron chi connectivity index (χ2n) is 6.90. The first-order valence-corrected chi connectivity index (χ1v) is 8.75. The molecule has 1 aliphatic heterocycles. The minimum Gasteiger partial charge on any atom is -0.374 e. The minimum atomic E-state index is 0.102. The second-order valence-corrected chi connectivity index (χ2v) is 6.90. The van der Waals surface area contributed by atoms with Gasteiger partial charge in [-0.05, 0) is 69.3 Å². The van der Waals surface area contributed by atoms with Crippen molar-refractivity contribution in [2.45, 2.75) is 52.7 Å². The molecule has 1 aliphatic rings. The van der Waals surface area contributed by atoms with E-state index < -0.39 is 0 Å². The van der Waals surface area contributed by atoms with E-state index in [-0.39, 0.29) is 12.0 Å². The summed E-state index contributed by atoms with van der Waals surface area (Å²) in [6.45, 7) is 8.95. The molecule has 1 aromatic rings. The van der Waals surface area contributed by atoms with E-state index in [4.69, 9.17) is 4.74 Å². The molecule has 1 saturated heterocycles. The third-order valence-electron chi connectivity index (χ3n) is 4.44. The van der Waals surface area contributed by atoms with Crippen molar-refractivity contribution < 1.29 is 9.53 Å². The highest BCUT2D eigenvalue weighted by Crippen LogP contribution is 2.23. The number of carbonyl (C=O) groups excluding carboxylic acids is 1. The smallest absolute Gasteiger partial charge is 0.224 e. The summed E-state index contributed by atoms with van der Waals surface area (Å²) in [5, 5.41) is 6.45. The minimum absolute atomic E-state index is 0.102. The maximum Gasteiger partial charge on any atom is 0.224 e. The topological polar surface area (TPSA) is 50.4 Å². The largest absolute Gasteiger partial charge is 0.374 e. The molecule has 1 heterocycles. The van der Waals surface area contributed by atoms with Crippen molar-refractivity contribution in [2.24, 2.45) is 11.8 Å². The first-order valence-electron chi connectivity index (χ1n) is 8.75. The summed E-state index contributed by atoms with van der Waals surface area (Å²) >= 11 is 0. The van der Waals surface area contributed by atoms with Crippen molar-refractivity contribution in [3.8, 4) is 0 Å². The van der Waals surface area contributed by atoms with E-state index in [1.807, 2.05) is 38.1 Å². The van der Waals surface area contributed by atoms with Crippen LogP contribution in [0, 0.1) is 11.8 Å². The highest BCUT2D eigenvalue weighted by atomic mass is 16.5. The molecular weight excluding hydrogens is 288 g/mol. The molecule has 128 valence electrons. The number of ether oxygens (including phenoxy) is 1. The lowest BCUT2D eigenvalue weighted by molar-refractivity contribution is -0.117. The van der Waals surface area contributed by atoms with E-state index in [9.17, 15) is 4.79 Å². The summed E-state index contributed by atoms with van der Waals surface area (Å²) in [5.74, 6) is 1.13. The number of rotatable bonds is 7. The number of nitrogens with one attached hydrogen (secondary N) is 2. The van der Waals surface area contributed by atoms with Crippen LogP contribution >= 0.6 is 0 Å². The maximum atomic E-state index is 12.3. The fraction of sp³-hybridized carbons (Fsp3) is 0.632. The van der Waals surface area contributed by atoms with Gasteiger partial charge in [0.25, 0.3) is 0 Å². The van der Waals surface area contributed by atoms with Gasteiger partial charge in [-0.3, -0.25) is 4.79 Å². The van der Waals surface area contributed by atoms with Gasteiger partial charge >= 0.3 is 0 Å². The molecule has 0 bridgehead atoms. The Morgan fingerprint density at radius 2 is 2.22 bits per heavy atom. The summed E-state index contributed by atoms with van der Waals surface area (Å²) < 4.78 is 5.61. The van der Waals surface area contributed by atoms with Crippen molar-refractivity contribution in [3.05, 3.63) is 29.8 Å². The van der Waals surface area contributed by atoms with Crippen molar-refractivity contribution in [1.29, 1.82) is 0 Å². The van der Waals surface area contributed by atoms with Gasteiger partial charge in [-0.1, -0.05) is 19.1 Å². The highest BCUT2D eigenvalue weighted by Gasteiger charge is 2.22. The van der Waals surface area contributed by atoms with Crippen molar-refractivity contribution in [3.63, 3.8) is 0 Å². The van der Waals surface area contributed by atoms with Crippen LogP contribution < -0.4 is 10.6 Å². The number of amides is 1. The Kier molecular flexibility index (Phi) is 7.06. The van der Waals surface area contributed by atoms with Crippen LogP contribution in [0.3, 0.4) is 0 Å². The molecule has 2 rings (SSSR count). The zero-order valence-electron chi connectivity index (χ0n) is 14.6. The van der Waals surface area contributed by atoms with E-state index >= 15 is 0 Å². The van der Waals surface area contributed by atoms with Gasteiger partial charge in [0.15, 0.2) is 0 Å². The van der Waals surface area contributed by atoms with E-state index in [1.54, 1.807) is 0 Å². The second kappa shape index (κ2) is 9.04. The summed E-state index contributed by atoms with van der Waals surface area (Å²) in [7, 11) is 0. The quantitative estimate of drug-likeness (QED) is 0.808. The Bertz CT molecular complexity index is 496. The zero-order chi connectivity index (χ0) is 16.7. The first-order chi connectivity index (χ1) is 11.0. The average molecular weight is 318 g/mol. The van der Waals surface area contributed by atoms with Gasteiger partial charge < -0.3 is 15.4 Å². The molecule has 1 fully saturated rings. The lowest BCUT2D eigenvalue weighted by atomic mass is 9.85. The summed E-state index contributed by atoms with van der Waals surface area (Å²) in [5.41, 5.74) is 1.94. The highest BCUT2D eigenvalue weighted by molar-refractivity contribution is 5.90. The molecule has 23 heavy (non-hydrogen) atoms. The van der Waals surface area contributed by atoms with E-state index in [0.717, 1.165) is 24.3 Å². The molecule has 2 N–H and O–H groups in total. The van der Waals surface area contributed by atoms with E-state index in [2.05, 4.69) is 17.6 Å². The van der Waals surface area contributed by atoms with Crippen molar-refractivity contribution >= 4 is 11.6 Å². The molecule has 4 nitrogen and oxygen atoms in total. The van der Waals surface area contributed by atoms with Crippen LogP contribution in [0.4, 0.5) is 5.69 Å². The standard InChI is InChI=1S/C19H30N2O2/c1-14(2)23-13-16-6-4-8-18(11-16)21-19(22)10-15(3)17-7-5-9-20-12-17/h4,6,8,11,14-15,17,20H,5,7,9-10,12-13H2,1-3H3,(H,21,22). The van der Waals surface area contributed by atoms with Gasteiger partial charge in [0, 0.05) is 12.1 Å². The van der Waals surface area contributed by atoms with Gasteiger partial charge in [-0.15, -0.1) is 0 Å².